The van der Waals surface area contributed by atoms with Crippen LogP contribution in [0.15, 0.2) is 30.5 Å². The van der Waals surface area contributed by atoms with Crippen molar-refractivity contribution in [2.75, 3.05) is 4.93 Å². The number of halogens is 4. The van der Waals surface area contributed by atoms with Crippen molar-refractivity contribution >= 4 is 16.8 Å². The molecular formula is C20H21F3IN2O+. The van der Waals surface area contributed by atoms with Crippen LogP contribution in [0.5, 0.6) is 0 Å². The van der Waals surface area contributed by atoms with Crippen LogP contribution in [0.1, 0.15) is 37.2 Å². The normalized spacial score (nSPS) is 27.7. The predicted molar refractivity (Wildman–Crippen MR) is 92.4 cm³/mol. The van der Waals surface area contributed by atoms with E-state index >= 15 is 0 Å². The first kappa shape index (κ1) is 19.0. The van der Waals surface area contributed by atoms with E-state index in [9.17, 15) is 18.0 Å². The Balaban J connectivity index is 1.51. The van der Waals surface area contributed by atoms with Crippen LogP contribution in [-0.4, -0.2) is 21.7 Å². The molecule has 2 aliphatic carbocycles. The number of nitrogens with one attached hydrogen (secondary N) is 1. The number of aromatic nitrogens is 1. The summed E-state index contributed by atoms with van der Waals surface area (Å²) in [6.07, 6.45) is 4.14. The number of pyridine rings is 1. The van der Waals surface area contributed by atoms with Gasteiger partial charge in [-0.15, -0.1) is 3.53 Å². The van der Waals surface area contributed by atoms with Crippen LogP contribution >= 0.6 is 0 Å². The number of benzene rings is 1. The maximum atomic E-state index is 14.4. The summed E-state index contributed by atoms with van der Waals surface area (Å²) in [6.45, 7) is 0. The monoisotopic (exact) mass is 489 g/mol. The quantitative estimate of drug-likeness (QED) is 0.400. The van der Waals surface area contributed by atoms with Gasteiger partial charge < -0.3 is 0 Å². The molecule has 27 heavy (non-hydrogen) atoms. The van der Waals surface area contributed by atoms with Gasteiger partial charge in [0.1, 0.15) is 5.82 Å². The summed E-state index contributed by atoms with van der Waals surface area (Å²) in [5.41, 5.74) is 1.82. The van der Waals surface area contributed by atoms with Crippen molar-refractivity contribution in [3.05, 3.63) is 41.8 Å². The number of carbonyl (C=O) groups is 1. The second kappa shape index (κ2) is 7.22. The van der Waals surface area contributed by atoms with E-state index in [0.29, 0.717) is 12.8 Å². The van der Waals surface area contributed by atoms with Crippen LogP contribution in [0.3, 0.4) is 0 Å². The van der Waals surface area contributed by atoms with Gasteiger partial charge in [0.05, 0.1) is 5.52 Å². The second-order valence-electron chi connectivity index (χ2n) is 7.65. The summed E-state index contributed by atoms with van der Waals surface area (Å²) < 4.78 is 45.0. The molecule has 1 N–H and O–H groups in total. The molecule has 1 heterocycles. The summed E-state index contributed by atoms with van der Waals surface area (Å²) in [5.74, 6) is -4.90. The summed E-state index contributed by atoms with van der Waals surface area (Å²) in [6, 6.07) is 6.52. The maximum Gasteiger partial charge on any atom is 0.417 e. The van der Waals surface area contributed by atoms with E-state index in [1.165, 1.54) is 12.1 Å². The fourth-order valence-corrected chi connectivity index (χ4v) is 5.85. The molecule has 1 aromatic heterocycles. The number of fused-ring (bicyclic) bond motifs is 2. The molecule has 7 heteroatoms. The lowest BCUT2D eigenvalue weighted by molar-refractivity contribution is -0.673. The van der Waals surface area contributed by atoms with Gasteiger partial charge in [-0.25, -0.2) is 4.39 Å². The van der Waals surface area contributed by atoms with E-state index in [-0.39, 0.29) is 23.6 Å². The highest BCUT2D eigenvalue weighted by Gasteiger charge is 2.55. The Morgan fingerprint density at radius 1 is 1.19 bits per heavy atom. The van der Waals surface area contributed by atoms with E-state index in [4.69, 9.17) is 0 Å². The third kappa shape index (κ3) is 3.43. The van der Waals surface area contributed by atoms with Crippen LogP contribution in [0.4, 0.5) is 13.2 Å². The van der Waals surface area contributed by atoms with E-state index in [0.717, 1.165) is 29.3 Å². The van der Waals surface area contributed by atoms with Crippen molar-refractivity contribution in [1.29, 1.82) is 0 Å². The molecule has 0 bridgehead atoms. The smallest absolute Gasteiger partial charge is 0.264 e. The molecule has 2 atom stereocenters. The molecule has 0 spiro atoms. The molecule has 0 saturated heterocycles. The molecule has 2 aromatic rings. The molecule has 3 nitrogen and oxygen atoms in total. The maximum absolute atomic E-state index is 14.4. The fourth-order valence-electron chi connectivity index (χ4n) is 5.00. The molecular weight excluding hydrogens is 468 g/mol. The first-order valence-electron chi connectivity index (χ1n) is 9.11. The molecule has 1 aromatic carbocycles. The number of carbonyl (C=O) groups excluding carboxylic acids is 1. The van der Waals surface area contributed by atoms with Gasteiger partial charge in [-0.05, 0) is 73.3 Å². The molecule has 2 saturated carbocycles. The summed E-state index contributed by atoms with van der Waals surface area (Å²) in [5, 5.41) is 0.815. The topological polar surface area (TPSA) is 42.0 Å². The average molecular weight is 489 g/mol. The average Bonchev–Trinajstić information content (AvgIpc) is 3.20. The number of nitrogens with zero attached hydrogens (tertiary/aromatic N) is 1. The zero-order valence-electron chi connectivity index (χ0n) is 14.9. The molecule has 1 amide bonds. The van der Waals surface area contributed by atoms with Gasteiger partial charge in [-0.2, -0.15) is 8.78 Å². The van der Waals surface area contributed by atoms with E-state index in [1.807, 2.05) is 6.07 Å². The molecule has 144 valence electrons. The highest BCUT2D eigenvalue weighted by molar-refractivity contribution is 5.83. The standard InChI is InChI=1S/C20H20F3IN2O/c1-24-26-19(27)20(22,23)14-8-11-6-13(7-12(11)9-14)16-4-5-25-18-3-2-15(21)10-17(16)18/h2-5,10-14H,6-9H2,1H3/p+1. The van der Waals surface area contributed by atoms with E-state index < -0.39 is 39.2 Å². The van der Waals surface area contributed by atoms with Crippen LogP contribution in [0.25, 0.3) is 10.9 Å². The second-order valence-corrected chi connectivity index (χ2v) is 9.27. The third-order valence-corrected chi connectivity index (χ3v) is 7.22. The van der Waals surface area contributed by atoms with E-state index in [1.54, 1.807) is 17.2 Å². The number of alkyl halides is 3. The Morgan fingerprint density at radius 3 is 2.56 bits per heavy atom. The van der Waals surface area contributed by atoms with Crippen molar-refractivity contribution in [2.24, 2.45) is 17.8 Å². The van der Waals surface area contributed by atoms with Gasteiger partial charge in [0.2, 0.25) is 0 Å². The Labute approximate surface area is 166 Å². The van der Waals surface area contributed by atoms with Crippen LogP contribution in [0.2, 0.25) is 0 Å². The van der Waals surface area contributed by atoms with Crippen molar-refractivity contribution in [1.82, 2.24) is 8.51 Å². The zero-order valence-corrected chi connectivity index (χ0v) is 17.0. The van der Waals surface area contributed by atoms with Crippen molar-refractivity contribution in [3.63, 3.8) is 0 Å². The Kier molecular flexibility index (Phi) is 5.07. The molecule has 2 unspecified atom stereocenters. The molecule has 2 fully saturated rings. The zero-order chi connectivity index (χ0) is 19.2. The fraction of sp³-hybridized carbons (Fsp3) is 0.500. The minimum absolute atomic E-state index is 0.201. The van der Waals surface area contributed by atoms with Crippen molar-refractivity contribution < 1.29 is 39.4 Å². The summed E-state index contributed by atoms with van der Waals surface area (Å²) in [7, 11) is 0. The van der Waals surface area contributed by atoms with Gasteiger partial charge in [-0.1, -0.05) is 0 Å². The lowest BCUT2D eigenvalue weighted by Crippen LogP contribution is -3.67. The van der Waals surface area contributed by atoms with Crippen molar-refractivity contribution in [2.45, 2.75) is 37.5 Å². The van der Waals surface area contributed by atoms with Gasteiger partial charge in [0, 0.05) is 17.5 Å². The van der Waals surface area contributed by atoms with E-state index in [2.05, 4.69) is 8.51 Å². The highest BCUT2D eigenvalue weighted by atomic mass is 127. The Bertz CT molecular complexity index is 861. The van der Waals surface area contributed by atoms with Gasteiger partial charge in [0.15, 0.2) is 4.93 Å². The van der Waals surface area contributed by atoms with Gasteiger partial charge >= 0.3 is 33.3 Å². The van der Waals surface area contributed by atoms with Crippen molar-refractivity contribution in [3.8, 4) is 0 Å². The van der Waals surface area contributed by atoms with Crippen LogP contribution in [0, 0.1) is 23.6 Å². The first-order valence-corrected chi connectivity index (χ1v) is 12.3. The highest BCUT2D eigenvalue weighted by Crippen LogP contribution is 2.56. The molecule has 0 radical (unpaired) electrons. The molecule has 4 rings (SSSR count). The van der Waals surface area contributed by atoms with Crippen LogP contribution in [-0.2, 0) is 4.79 Å². The first-order chi connectivity index (χ1) is 12.9. The minimum atomic E-state index is -3.28. The molecule has 0 aliphatic heterocycles. The summed E-state index contributed by atoms with van der Waals surface area (Å²) in [4.78, 5) is 17.8. The molecule has 2 aliphatic rings. The SMILES string of the molecule is C[I+]NC(=O)C(F)(F)C1CC2CC(c3ccnc4ccc(F)cc34)CC2C1. The Hall–Kier alpha value is -1.38. The largest absolute Gasteiger partial charge is 0.417 e. The van der Waals surface area contributed by atoms with Gasteiger partial charge in [-0.3, -0.25) is 9.78 Å². The minimum Gasteiger partial charge on any atom is -0.264 e. The predicted octanol–water partition coefficient (Wildman–Crippen LogP) is 1.28. The Morgan fingerprint density at radius 2 is 1.89 bits per heavy atom. The number of hydrogen-bond donors (Lipinski definition) is 1. The number of amides is 1. The van der Waals surface area contributed by atoms with Crippen LogP contribution < -0.4 is 25.0 Å². The third-order valence-electron chi connectivity index (χ3n) is 6.19. The number of rotatable bonds is 4. The summed E-state index contributed by atoms with van der Waals surface area (Å²) >= 11 is -0.701. The lowest BCUT2D eigenvalue weighted by atomic mass is 9.88. The number of hydrogen-bond acceptors (Lipinski definition) is 2. The van der Waals surface area contributed by atoms with Gasteiger partial charge in [0.25, 0.3) is 0 Å². The lowest BCUT2D eigenvalue weighted by Gasteiger charge is -2.22.